The van der Waals surface area contributed by atoms with Crippen LogP contribution in [-0.4, -0.2) is 41.3 Å². The van der Waals surface area contributed by atoms with Crippen LogP contribution in [0.15, 0.2) is 18.3 Å². The lowest BCUT2D eigenvalue weighted by molar-refractivity contribution is -0.122. The number of pyridine rings is 1. The quantitative estimate of drug-likeness (QED) is 0.574. The van der Waals surface area contributed by atoms with Gasteiger partial charge in [0.05, 0.1) is 13.1 Å². The summed E-state index contributed by atoms with van der Waals surface area (Å²) in [6.07, 6.45) is 1.69. The molecular formula is C12H19N5O2. The number of primary amides is 2. The number of rotatable bonds is 8. The minimum Gasteiger partial charge on any atom is -0.370 e. The smallest absolute Gasteiger partial charge is 0.231 e. The highest BCUT2D eigenvalue weighted by Crippen LogP contribution is 2.07. The van der Waals surface area contributed by atoms with Crippen LogP contribution >= 0.6 is 0 Å². The van der Waals surface area contributed by atoms with E-state index < -0.39 is 11.8 Å². The summed E-state index contributed by atoms with van der Waals surface area (Å²) in [5.41, 5.74) is 11.1. The van der Waals surface area contributed by atoms with Gasteiger partial charge in [-0.1, -0.05) is 6.07 Å². The van der Waals surface area contributed by atoms with Crippen molar-refractivity contribution in [3.63, 3.8) is 0 Å². The Morgan fingerprint density at radius 2 is 1.89 bits per heavy atom. The van der Waals surface area contributed by atoms with Gasteiger partial charge < -0.3 is 16.8 Å². The van der Waals surface area contributed by atoms with E-state index in [0.29, 0.717) is 6.54 Å². The van der Waals surface area contributed by atoms with Gasteiger partial charge in [-0.3, -0.25) is 14.5 Å². The van der Waals surface area contributed by atoms with Crippen LogP contribution in [0.1, 0.15) is 12.5 Å². The maximum absolute atomic E-state index is 10.9. The van der Waals surface area contributed by atoms with Crippen molar-refractivity contribution in [2.24, 2.45) is 11.5 Å². The highest BCUT2D eigenvalue weighted by molar-refractivity contribution is 5.79. The first-order valence-corrected chi connectivity index (χ1v) is 5.99. The molecule has 19 heavy (non-hydrogen) atoms. The fourth-order valence-corrected chi connectivity index (χ4v) is 1.67. The van der Waals surface area contributed by atoms with Gasteiger partial charge in [0.15, 0.2) is 0 Å². The van der Waals surface area contributed by atoms with Crippen molar-refractivity contribution in [2.45, 2.75) is 13.5 Å². The highest BCUT2D eigenvalue weighted by Gasteiger charge is 2.12. The topological polar surface area (TPSA) is 114 Å². The highest BCUT2D eigenvalue weighted by atomic mass is 16.2. The molecule has 0 unspecified atom stereocenters. The van der Waals surface area contributed by atoms with E-state index in [2.05, 4.69) is 10.3 Å². The molecule has 1 aromatic rings. The molecule has 104 valence electrons. The molecule has 7 heteroatoms. The van der Waals surface area contributed by atoms with Gasteiger partial charge in [-0.05, 0) is 18.6 Å². The van der Waals surface area contributed by atoms with Gasteiger partial charge in [-0.15, -0.1) is 0 Å². The number of nitrogens with two attached hydrogens (primary N) is 2. The van der Waals surface area contributed by atoms with Gasteiger partial charge in [0.1, 0.15) is 5.82 Å². The lowest BCUT2D eigenvalue weighted by Gasteiger charge is -2.18. The zero-order chi connectivity index (χ0) is 14.3. The van der Waals surface area contributed by atoms with Crippen LogP contribution in [0.25, 0.3) is 0 Å². The Labute approximate surface area is 112 Å². The first kappa shape index (κ1) is 14.9. The fourth-order valence-electron chi connectivity index (χ4n) is 1.67. The average molecular weight is 265 g/mol. The van der Waals surface area contributed by atoms with Crippen molar-refractivity contribution < 1.29 is 9.59 Å². The van der Waals surface area contributed by atoms with Crippen LogP contribution < -0.4 is 16.8 Å². The number of nitrogens with zero attached hydrogens (tertiary/aromatic N) is 2. The molecule has 0 fully saturated rings. The lowest BCUT2D eigenvalue weighted by atomic mass is 10.2. The molecule has 1 rings (SSSR count). The molecule has 2 amide bonds. The first-order chi connectivity index (χ1) is 9.01. The maximum atomic E-state index is 10.9. The monoisotopic (exact) mass is 265 g/mol. The SMILES string of the molecule is CCNc1ccc(CN(CC(N)=O)CC(N)=O)cn1. The van der Waals surface area contributed by atoms with Crippen molar-refractivity contribution in [3.05, 3.63) is 23.9 Å². The molecule has 0 bridgehead atoms. The van der Waals surface area contributed by atoms with Crippen LogP contribution in [0.4, 0.5) is 5.82 Å². The van der Waals surface area contributed by atoms with Crippen LogP contribution in [0.2, 0.25) is 0 Å². The van der Waals surface area contributed by atoms with Crippen molar-refractivity contribution in [1.29, 1.82) is 0 Å². The molecule has 0 aromatic carbocycles. The molecular weight excluding hydrogens is 246 g/mol. The molecule has 5 N–H and O–H groups in total. The molecule has 0 saturated heterocycles. The summed E-state index contributed by atoms with van der Waals surface area (Å²) >= 11 is 0. The first-order valence-electron chi connectivity index (χ1n) is 5.99. The predicted molar refractivity (Wildman–Crippen MR) is 72.1 cm³/mol. The van der Waals surface area contributed by atoms with E-state index >= 15 is 0 Å². The van der Waals surface area contributed by atoms with Gasteiger partial charge in [0.25, 0.3) is 0 Å². The maximum Gasteiger partial charge on any atom is 0.231 e. The third kappa shape index (κ3) is 5.82. The van der Waals surface area contributed by atoms with E-state index in [1.807, 2.05) is 19.1 Å². The Morgan fingerprint density at radius 1 is 1.26 bits per heavy atom. The number of carbonyl (C=O) groups excluding carboxylic acids is 2. The number of anilines is 1. The molecule has 7 nitrogen and oxygen atoms in total. The summed E-state index contributed by atoms with van der Waals surface area (Å²) in [5.74, 6) is -0.223. The Hall–Kier alpha value is -2.15. The van der Waals surface area contributed by atoms with E-state index in [-0.39, 0.29) is 13.1 Å². The van der Waals surface area contributed by atoms with Crippen LogP contribution in [0, 0.1) is 0 Å². The lowest BCUT2D eigenvalue weighted by Crippen LogP contribution is -2.39. The molecule has 0 saturated carbocycles. The van der Waals surface area contributed by atoms with E-state index in [1.165, 1.54) is 0 Å². The molecule has 0 spiro atoms. The fraction of sp³-hybridized carbons (Fsp3) is 0.417. The van der Waals surface area contributed by atoms with E-state index in [1.54, 1.807) is 11.1 Å². The largest absolute Gasteiger partial charge is 0.370 e. The van der Waals surface area contributed by atoms with Gasteiger partial charge in [0, 0.05) is 19.3 Å². The molecule has 0 atom stereocenters. The molecule has 0 aliphatic rings. The average Bonchev–Trinajstić information content (AvgIpc) is 2.30. The number of aromatic nitrogens is 1. The van der Waals surface area contributed by atoms with Crippen LogP contribution in [0.3, 0.4) is 0 Å². The minimum absolute atomic E-state index is 0.0160. The second-order valence-corrected chi connectivity index (χ2v) is 4.16. The molecule has 0 aliphatic carbocycles. The predicted octanol–water partition coefficient (Wildman–Crippen LogP) is -0.714. The number of hydrogen-bond acceptors (Lipinski definition) is 5. The third-order valence-corrected chi connectivity index (χ3v) is 2.35. The number of carbonyl (C=O) groups is 2. The Balaban J connectivity index is 2.66. The summed E-state index contributed by atoms with van der Waals surface area (Å²) < 4.78 is 0. The van der Waals surface area contributed by atoms with Gasteiger partial charge in [0.2, 0.25) is 11.8 Å². The van der Waals surface area contributed by atoms with E-state index in [4.69, 9.17) is 11.5 Å². The molecule has 1 aromatic heterocycles. The Morgan fingerprint density at radius 3 is 2.32 bits per heavy atom. The Bertz CT molecular complexity index is 416. The number of nitrogens with one attached hydrogen (secondary N) is 1. The van der Waals surface area contributed by atoms with Crippen molar-refractivity contribution in [3.8, 4) is 0 Å². The number of hydrogen-bond donors (Lipinski definition) is 3. The zero-order valence-electron chi connectivity index (χ0n) is 10.9. The van der Waals surface area contributed by atoms with Gasteiger partial charge in [-0.25, -0.2) is 4.98 Å². The second-order valence-electron chi connectivity index (χ2n) is 4.16. The third-order valence-electron chi connectivity index (χ3n) is 2.35. The summed E-state index contributed by atoms with van der Waals surface area (Å²) in [4.78, 5) is 27.6. The van der Waals surface area contributed by atoms with Crippen molar-refractivity contribution in [1.82, 2.24) is 9.88 Å². The normalized spacial score (nSPS) is 10.4. The van der Waals surface area contributed by atoms with Gasteiger partial charge >= 0.3 is 0 Å². The van der Waals surface area contributed by atoms with Crippen LogP contribution in [0.5, 0.6) is 0 Å². The van der Waals surface area contributed by atoms with E-state index in [9.17, 15) is 9.59 Å². The summed E-state index contributed by atoms with van der Waals surface area (Å²) in [5, 5.41) is 3.08. The number of amides is 2. The minimum atomic E-state index is -0.501. The standard InChI is InChI=1S/C12H19N5O2/c1-2-15-12-4-3-9(5-16-12)6-17(7-10(13)18)8-11(14)19/h3-5H,2,6-8H2,1H3,(H2,13,18)(H2,14,19)(H,15,16). The Kier molecular flexibility index (Phi) is 5.74. The van der Waals surface area contributed by atoms with Gasteiger partial charge in [-0.2, -0.15) is 0 Å². The van der Waals surface area contributed by atoms with Crippen LogP contribution in [-0.2, 0) is 16.1 Å². The van der Waals surface area contributed by atoms with E-state index in [0.717, 1.165) is 17.9 Å². The zero-order valence-corrected chi connectivity index (χ0v) is 10.9. The molecule has 0 radical (unpaired) electrons. The van der Waals surface area contributed by atoms with Crippen molar-refractivity contribution >= 4 is 17.6 Å². The molecule has 0 aliphatic heterocycles. The second kappa shape index (κ2) is 7.32. The molecule has 1 heterocycles. The van der Waals surface area contributed by atoms with Crippen molar-refractivity contribution in [2.75, 3.05) is 25.0 Å². The summed E-state index contributed by atoms with van der Waals surface area (Å²) in [6, 6.07) is 3.71. The summed E-state index contributed by atoms with van der Waals surface area (Å²) in [7, 11) is 0. The summed E-state index contributed by atoms with van der Waals surface area (Å²) in [6.45, 7) is 3.14.